The molecule has 0 atom stereocenters. The lowest BCUT2D eigenvalue weighted by Crippen LogP contribution is -2.11. The zero-order chi connectivity index (χ0) is 15.5. The third-order valence-electron chi connectivity index (χ3n) is 3.06. The standard InChI is InChI=1S/C15H12BrClN4S/c16-12-6-3-5-10(8-12)14-19-20-15(21(14)18)22-9-11-4-1-2-7-13(11)17/h1-8H,9,18H2. The molecule has 3 aromatic rings. The monoisotopic (exact) mass is 394 g/mol. The van der Waals surface area contributed by atoms with Crippen molar-refractivity contribution in [1.29, 1.82) is 0 Å². The quantitative estimate of drug-likeness (QED) is 0.526. The smallest absolute Gasteiger partial charge is 0.210 e. The molecule has 1 heterocycles. The van der Waals surface area contributed by atoms with E-state index in [0.29, 0.717) is 16.7 Å². The van der Waals surface area contributed by atoms with E-state index < -0.39 is 0 Å². The van der Waals surface area contributed by atoms with Crippen LogP contribution in [-0.2, 0) is 5.75 Å². The highest BCUT2D eigenvalue weighted by molar-refractivity contribution is 9.10. The van der Waals surface area contributed by atoms with Crippen molar-refractivity contribution in [2.45, 2.75) is 10.9 Å². The Morgan fingerprint density at radius 1 is 1.14 bits per heavy atom. The molecule has 0 radical (unpaired) electrons. The summed E-state index contributed by atoms with van der Waals surface area (Å²) in [5.41, 5.74) is 1.95. The molecule has 0 amide bonds. The van der Waals surface area contributed by atoms with Gasteiger partial charge in [-0.15, -0.1) is 10.2 Å². The molecule has 0 aliphatic heterocycles. The van der Waals surface area contributed by atoms with E-state index in [1.807, 2.05) is 48.5 Å². The number of hydrogen-bond acceptors (Lipinski definition) is 4. The summed E-state index contributed by atoms with van der Waals surface area (Å²) >= 11 is 11.1. The molecular weight excluding hydrogens is 384 g/mol. The largest absolute Gasteiger partial charge is 0.335 e. The van der Waals surface area contributed by atoms with E-state index in [0.717, 1.165) is 20.6 Å². The summed E-state index contributed by atoms with van der Waals surface area (Å²) in [7, 11) is 0. The normalized spacial score (nSPS) is 10.8. The number of rotatable bonds is 4. The van der Waals surface area contributed by atoms with Gasteiger partial charge in [-0.3, -0.25) is 0 Å². The molecule has 0 spiro atoms. The summed E-state index contributed by atoms with van der Waals surface area (Å²) in [6.45, 7) is 0. The number of thioether (sulfide) groups is 1. The Balaban J connectivity index is 1.81. The third-order valence-corrected chi connectivity index (χ3v) is 4.92. The number of aromatic nitrogens is 3. The third kappa shape index (κ3) is 3.29. The predicted molar refractivity (Wildman–Crippen MR) is 94.3 cm³/mol. The molecule has 0 saturated heterocycles. The molecule has 0 bridgehead atoms. The maximum Gasteiger partial charge on any atom is 0.210 e. The van der Waals surface area contributed by atoms with Gasteiger partial charge in [0, 0.05) is 20.8 Å². The first-order valence-electron chi connectivity index (χ1n) is 6.48. The number of nitrogens with two attached hydrogens (primary N) is 1. The van der Waals surface area contributed by atoms with Crippen molar-refractivity contribution >= 4 is 39.3 Å². The van der Waals surface area contributed by atoms with Crippen LogP contribution in [0.25, 0.3) is 11.4 Å². The van der Waals surface area contributed by atoms with Crippen LogP contribution in [0, 0.1) is 0 Å². The van der Waals surface area contributed by atoms with Gasteiger partial charge in [-0.05, 0) is 23.8 Å². The van der Waals surface area contributed by atoms with E-state index in [2.05, 4.69) is 26.1 Å². The van der Waals surface area contributed by atoms with Crippen LogP contribution in [-0.4, -0.2) is 14.9 Å². The molecule has 0 unspecified atom stereocenters. The topological polar surface area (TPSA) is 56.7 Å². The van der Waals surface area contributed by atoms with Gasteiger partial charge in [-0.1, -0.05) is 69.6 Å². The molecule has 2 aromatic carbocycles. The Hall–Kier alpha value is -1.50. The molecule has 112 valence electrons. The minimum absolute atomic E-state index is 0.628. The molecule has 2 N–H and O–H groups in total. The van der Waals surface area contributed by atoms with Gasteiger partial charge in [0.05, 0.1) is 0 Å². The van der Waals surface area contributed by atoms with Crippen molar-refractivity contribution in [2.24, 2.45) is 0 Å². The van der Waals surface area contributed by atoms with E-state index in [9.17, 15) is 0 Å². The fourth-order valence-corrected chi connectivity index (χ4v) is 3.50. The number of hydrogen-bond donors (Lipinski definition) is 1. The van der Waals surface area contributed by atoms with Gasteiger partial charge in [0.2, 0.25) is 5.16 Å². The Morgan fingerprint density at radius 2 is 1.95 bits per heavy atom. The van der Waals surface area contributed by atoms with Crippen LogP contribution in [0.15, 0.2) is 58.2 Å². The van der Waals surface area contributed by atoms with Crippen LogP contribution in [0.4, 0.5) is 0 Å². The molecule has 22 heavy (non-hydrogen) atoms. The number of nitrogen functional groups attached to an aromatic ring is 1. The summed E-state index contributed by atoms with van der Waals surface area (Å²) in [4.78, 5) is 0. The molecule has 3 rings (SSSR count). The lowest BCUT2D eigenvalue weighted by atomic mass is 10.2. The molecule has 1 aromatic heterocycles. The Bertz CT molecular complexity index is 806. The zero-order valence-corrected chi connectivity index (χ0v) is 14.6. The summed E-state index contributed by atoms with van der Waals surface area (Å²) in [6.07, 6.45) is 0. The molecule has 0 aliphatic carbocycles. The second kappa shape index (κ2) is 6.73. The van der Waals surface area contributed by atoms with Crippen LogP contribution in [0.1, 0.15) is 5.56 Å². The highest BCUT2D eigenvalue weighted by atomic mass is 79.9. The summed E-state index contributed by atoms with van der Waals surface area (Å²) in [5.74, 6) is 7.43. The van der Waals surface area contributed by atoms with E-state index in [1.54, 1.807) is 0 Å². The van der Waals surface area contributed by atoms with Gasteiger partial charge in [0.1, 0.15) is 0 Å². The fraction of sp³-hybridized carbons (Fsp3) is 0.0667. The van der Waals surface area contributed by atoms with Crippen molar-refractivity contribution in [3.05, 3.63) is 63.6 Å². The van der Waals surface area contributed by atoms with Crippen LogP contribution in [0.2, 0.25) is 5.02 Å². The second-order valence-corrected chi connectivity index (χ2v) is 6.83. The van der Waals surface area contributed by atoms with E-state index in [4.69, 9.17) is 17.4 Å². The fourth-order valence-electron chi connectivity index (χ4n) is 1.96. The van der Waals surface area contributed by atoms with Crippen molar-refractivity contribution < 1.29 is 0 Å². The predicted octanol–water partition coefficient (Wildman–Crippen LogP) is 4.37. The SMILES string of the molecule is Nn1c(SCc2ccccc2Cl)nnc1-c1cccc(Br)c1. The lowest BCUT2D eigenvalue weighted by Gasteiger charge is -2.05. The maximum absolute atomic E-state index is 6.16. The van der Waals surface area contributed by atoms with Gasteiger partial charge >= 0.3 is 0 Å². The maximum atomic E-state index is 6.16. The molecule has 0 aliphatic rings. The van der Waals surface area contributed by atoms with E-state index in [-0.39, 0.29) is 0 Å². The number of halogens is 2. The lowest BCUT2D eigenvalue weighted by molar-refractivity contribution is 0.849. The molecule has 0 saturated carbocycles. The summed E-state index contributed by atoms with van der Waals surface area (Å²) < 4.78 is 2.47. The number of nitrogens with zero attached hydrogens (tertiary/aromatic N) is 3. The molecule has 0 fully saturated rings. The van der Waals surface area contributed by atoms with Gasteiger partial charge in [0.25, 0.3) is 0 Å². The Kier molecular flexibility index (Phi) is 4.71. The highest BCUT2D eigenvalue weighted by Crippen LogP contribution is 2.27. The Morgan fingerprint density at radius 3 is 2.73 bits per heavy atom. The first kappa shape index (κ1) is 15.4. The molecule has 7 heteroatoms. The van der Waals surface area contributed by atoms with Crippen molar-refractivity contribution in [3.63, 3.8) is 0 Å². The van der Waals surface area contributed by atoms with E-state index in [1.165, 1.54) is 16.4 Å². The van der Waals surface area contributed by atoms with Gasteiger partial charge in [0.15, 0.2) is 5.82 Å². The number of benzene rings is 2. The summed E-state index contributed by atoms with van der Waals surface area (Å²) in [5, 5.41) is 9.72. The van der Waals surface area contributed by atoms with Crippen LogP contribution < -0.4 is 5.84 Å². The second-order valence-electron chi connectivity index (χ2n) is 4.57. The van der Waals surface area contributed by atoms with Crippen LogP contribution in [0.5, 0.6) is 0 Å². The van der Waals surface area contributed by atoms with E-state index >= 15 is 0 Å². The average molecular weight is 396 g/mol. The van der Waals surface area contributed by atoms with Crippen LogP contribution >= 0.6 is 39.3 Å². The average Bonchev–Trinajstić information content (AvgIpc) is 2.87. The van der Waals surface area contributed by atoms with Gasteiger partial charge < -0.3 is 5.84 Å². The van der Waals surface area contributed by atoms with Gasteiger partial charge in [-0.2, -0.15) is 0 Å². The first-order valence-corrected chi connectivity index (χ1v) is 8.63. The minimum atomic E-state index is 0.628. The van der Waals surface area contributed by atoms with Crippen LogP contribution in [0.3, 0.4) is 0 Å². The zero-order valence-electron chi connectivity index (χ0n) is 11.4. The molecule has 4 nitrogen and oxygen atoms in total. The Labute approximate surface area is 145 Å². The van der Waals surface area contributed by atoms with Gasteiger partial charge in [-0.25, -0.2) is 4.68 Å². The summed E-state index contributed by atoms with van der Waals surface area (Å²) in [6, 6.07) is 15.5. The van der Waals surface area contributed by atoms with Crippen molar-refractivity contribution in [3.8, 4) is 11.4 Å². The highest BCUT2D eigenvalue weighted by Gasteiger charge is 2.13. The minimum Gasteiger partial charge on any atom is -0.335 e. The van der Waals surface area contributed by atoms with Crippen molar-refractivity contribution in [1.82, 2.24) is 14.9 Å². The van der Waals surface area contributed by atoms with Crippen molar-refractivity contribution in [2.75, 3.05) is 5.84 Å². The molecular formula is C15H12BrClN4S. The first-order chi connectivity index (χ1) is 10.6.